The second kappa shape index (κ2) is 5.70. The minimum atomic E-state index is -0.0791. The van der Waals surface area contributed by atoms with Gasteiger partial charge in [0.15, 0.2) is 0 Å². The van der Waals surface area contributed by atoms with Crippen LogP contribution in [0.4, 0.5) is 0 Å². The fourth-order valence-electron chi connectivity index (χ4n) is 2.38. The molecule has 0 saturated carbocycles. The third-order valence-electron chi connectivity index (χ3n) is 3.48. The zero-order valence-electron chi connectivity index (χ0n) is 11.8. The molecule has 2 aromatic rings. The molecule has 0 fully saturated rings. The quantitative estimate of drug-likeness (QED) is 0.754. The minimum absolute atomic E-state index is 0.0791. The SMILES string of the molecule is COc1cccc(CC(Cl)c2c(C)oc(C)c2C)c1. The van der Waals surface area contributed by atoms with Crippen LogP contribution in [0.1, 0.15) is 33.6 Å². The predicted octanol–water partition coefficient (Wildman–Crippen LogP) is 4.74. The number of aryl methyl sites for hydroxylation is 2. The molecule has 0 spiro atoms. The Morgan fingerprint density at radius 1 is 1.21 bits per heavy atom. The van der Waals surface area contributed by atoms with Crippen molar-refractivity contribution in [2.24, 2.45) is 0 Å². The van der Waals surface area contributed by atoms with Crippen LogP contribution in [0.3, 0.4) is 0 Å². The molecule has 0 amide bonds. The molecule has 0 aliphatic rings. The molecule has 0 aliphatic carbocycles. The fraction of sp³-hybridized carbons (Fsp3) is 0.375. The van der Waals surface area contributed by atoms with Crippen molar-refractivity contribution < 1.29 is 9.15 Å². The van der Waals surface area contributed by atoms with Crippen molar-refractivity contribution in [3.05, 3.63) is 52.5 Å². The molecule has 0 N–H and O–H groups in total. The van der Waals surface area contributed by atoms with Crippen LogP contribution in [0.25, 0.3) is 0 Å². The lowest BCUT2D eigenvalue weighted by Crippen LogP contribution is -1.99. The number of furan rings is 1. The average Bonchev–Trinajstić information content (AvgIpc) is 2.63. The molecule has 2 rings (SSSR count). The highest BCUT2D eigenvalue weighted by atomic mass is 35.5. The highest BCUT2D eigenvalue weighted by Crippen LogP contribution is 2.33. The zero-order chi connectivity index (χ0) is 14.0. The van der Waals surface area contributed by atoms with Crippen LogP contribution in [0, 0.1) is 20.8 Å². The molecule has 3 heteroatoms. The van der Waals surface area contributed by atoms with E-state index in [0.29, 0.717) is 0 Å². The third kappa shape index (κ3) is 2.95. The first kappa shape index (κ1) is 14.0. The van der Waals surface area contributed by atoms with Crippen LogP contribution in [0.5, 0.6) is 5.75 Å². The number of benzene rings is 1. The van der Waals surface area contributed by atoms with Crippen molar-refractivity contribution in [3.8, 4) is 5.75 Å². The molecule has 1 aromatic carbocycles. The fourth-order valence-corrected chi connectivity index (χ4v) is 2.87. The summed E-state index contributed by atoms with van der Waals surface area (Å²) in [6, 6.07) is 8.01. The number of rotatable bonds is 4. The van der Waals surface area contributed by atoms with Crippen molar-refractivity contribution in [1.82, 2.24) is 0 Å². The Labute approximate surface area is 119 Å². The van der Waals surface area contributed by atoms with Gasteiger partial charge in [-0.2, -0.15) is 0 Å². The topological polar surface area (TPSA) is 22.4 Å². The second-order valence-electron chi connectivity index (χ2n) is 4.78. The molecule has 19 heavy (non-hydrogen) atoms. The number of hydrogen-bond donors (Lipinski definition) is 0. The highest BCUT2D eigenvalue weighted by Gasteiger charge is 2.19. The molecule has 1 atom stereocenters. The molecule has 0 bridgehead atoms. The van der Waals surface area contributed by atoms with E-state index in [0.717, 1.165) is 40.4 Å². The van der Waals surface area contributed by atoms with E-state index in [1.807, 2.05) is 32.0 Å². The van der Waals surface area contributed by atoms with Gasteiger partial charge < -0.3 is 9.15 Å². The van der Waals surface area contributed by atoms with Crippen LogP contribution in [-0.2, 0) is 6.42 Å². The van der Waals surface area contributed by atoms with E-state index in [1.54, 1.807) is 7.11 Å². The van der Waals surface area contributed by atoms with Crippen molar-refractivity contribution >= 4 is 11.6 Å². The van der Waals surface area contributed by atoms with Crippen molar-refractivity contribution in [3.63, 3.8) is 0 Å². The van der Waals surface area contributed by atoms with E-state index in [4.69, 9.17) is 20.8 Å². The maximum atomic E-state index is 6.56. The maximum Gasteiger partial charge on any atom is 0.119 e. The molecule has 0 saturated heterocycles. The maximum absolute atomic E-state index is 6.56. The standard InChI is InChI=1S/C16H19ClO2/c1-10-11(2)19-12(3)16(10)15(17)9-13-6-5-7-14(8-13)18-4/h5-8,15H,9H2,1-4H3. The first-order chi connectivity index (χ1) is 9.02. The Bertz CT molecular complexity index is 572. The summed E-state index contributed by atoms with van der Waals surface area (Å²) in [6.45, 7) is 6.00. The van der Waals surface area contributed by atoms with E-state index in [1.165, 1.54) is 0 Å². The van der Waals surface area contributed by atoms with Gasteiger partial charge in [0, 0.05) is 5.56 Å². The summed E-state index contributed by atoms with van der Waals surface area (Å²) >= 11 is 6.56. The summed E-state index contributed by atoms with van der Waals surface area (Å²) in [5.41, 5.74) is 3.43. The van der Waals surface area contributed by atoms with Gasteiger partial charge >= 0.3 is 0 Å². The van der Waals surface area contributed by atoms with E-state index >= 15 is 0 Å². The van der Waals surface area contributed by atoms with Crippen LogP contribution < -0.4 is 4.74 Å². The number of halogens is 1. The third-order valence-corrected chi connectivity index (χ3v) is 3.85. The molecule has 102 valence electrons. The minimum Gasteiger partial charge on any atom is -0.497 e. The average molecular weight is 279 g/mol. The Morgan fingerprint density at radius 2 is 1.95 bits per heavy atom. The molecule has 2 nitrogen and oxygen atoms in total. The molecule has 1 unspecified atom stereocenters. The first-order valence-electron chi connectivity index (χ1n) is 6.36. The molecule has 0 radical (unpaired) electrons. The molecule has 0 aliphatic heterocycles. The number of methoxy groups -OCH3 is 1. The Balaban J connectivity index is 2.22. The van der Waals surface area contributed by atoms with Gasteiger partial charge in [0.2, 0.25) is 0 Å². The van der Waals surface area contributed by atoms with Crippen LogP contribution in [-0.4, -0.2) is 7.11 Å². The van der Waals surface area contributed by atoms with Gasteiger partial charge in [-0.3, -0.25) is 0 Å². The smallest absolute Gasteiger partial charge is 0.119 e. The summed E-state index contributed by atoms with van der Waals surface area (Å²) in [5, 5.41) is -0.0791. The van der Waals surface area contributed by atoms with Crippen LogP contribution in [0.2, 0.25) is 0 Å². The van der Waals surface area contributed by atoms with Gasteiger partial charge in [0.25, 0.3) is 0 Å². The Kier molecular flexibility index (Phi) is 4.20. The summed E-state index contributed by atoms with van der Waals surface area (Å²) < 4.78 is 10.9. The number of ether oxygens (including phenoxy) is 1. The number of hydrogen-bond acceptors (Lipinski definition) is 2. The second-order valence-corrected chi connectivity index (χ2v) is 5.30. The van der Waals surface area contributed by atoms with Gasteiger partial charge in [0.05, 0.1) is 12.5 Å². The van der Waals surface area contributed by atoms with Gasteiger partial charge in [-0.25, -0.2) is 0 Å². The lowest BCUT2D eigenvalue weighted by molar-refractivity contribution is 0.414. The number of alkyl halides is 1. The van der Waals surface area contributed by atoms with Gasteiger partial charge in [-0.15, -0.1) is 11.6 Å². The van der Waals surface area contributed by atoms with E-state index in [9.17, 15) is 0 Å². The van der Waals surface area contributed by atoms with Crippen LogP contribution >= 0.6 is 11.6 Å². The summed E-state index contributed by atoms with van der Waals surface area (Å²) in [5.74, 6) is 2.72. The van der Waals surface area contributed by atoms with Gasteiger partial charge in [0.1, 0.15) is 17.3 Å². The molecular formula is C16H19ClO2. The van der Waals surface area contributed by atoms with Crippen molar-refractivity contribution in [1.29, 1.82) is 0 Å². The molecule has 1 aromatic heterocycles. The van der Waals surface area contributed by atoms with E-state index in [-0.39, 0.29) is 5.38 Å². The van der Waals surface area contributed by atoms with E-state index in [2.05, 4.69) is 13.0 Å². The van der Waals surface area contributed by atoms with Crippen LogP contribution in [0.15, 0.2) is 28.7 Å². The lowest BCUT2D eigenvalue weighted by atomic mass is 10.0. The normalized spacial score (nSPS) is 12.5. The Morgan fingerprint density at radius 3 is 2.53 bits per heavy atom. The summed E-state index contributed by atoms with van der Waals surface area (Å²) in [4.78, 5) is 0. The largest absolute Gasteiger partial charge is 0.497 e. The predicted molar refractivity (Wildman–Crippen MR) is 78.2 cm³/mol. The van der Waals surface area contributed by atoms with E-state index < -0.39 is 0 Å². The lowest BCUT2D eigenvalue weighted by Gasteiger charge is -2.11. The van der Waals surface area contributed by atoms with Crippen molar-refractivity contribution in [2.75, 3.05) is 7.11 Å². The Hall–Kier alpha value is -1.41. The summed E-state index contributed by atoms with van der Waals surface area (Å²) in [6.07, 6.45) is 0.763. The summed E-state index contributed by atoms with van der Waals surface area (Å²) in [7, 11) is 1.67. The van der Waals surface area contributed by atoms with Crippen molar-refractivity contribution in [2.45, 2.75) is 32.6 Å². The van der Waals surface area contributed by atoms with Gasteiger partial charge in [-0.1, -0.05) is 12.1 Å². The molecular weight excluding hydrogens is 260 g/mol. The zero-order valence-corrected chi connectivity index (χ0v) is 12.5. The highest BCUT2D eigenvalue weighted by molar-refractivity contribution is 6.21. The first-order valence-corrected chi connectivity index (χ1v) is 6.80. The van der Waals surface area contributed by atoms with Gasteiger partial charge in [-0.05, 0) is 50.5 Å². The monoisotopic (exact) mass is 278 g/mol. The molecule has 1 heterocycles.